The van der Waals surface area contributed by atoms with Crippen molar-refractivity contribution in [2.75, 3.05) is 5.32 Å². The molecule has 0 fully saturated rings. The van der Waals surface area contributed by atoms with E-state index >= 15 is 0 Å². The number of hydrogen-bond donors (Lipinski definition) is 1. The Hall–Kier alpha value is -2.56. The van der Waals surface area contributed by atoms with Gasteiger partial charge in [0.25, 0.3) is 5.91 Å². The summed E-state index contributed by atoms with van der Waals surface area (Å²) < 4.78 is 7.28. The molecule has 0 spiro atoms. The fourth-order valence-electron chi connectivity index (χ4n) is 2.21. The van der Waals surface area contributed by atoms with Crippen LogP contribution in [-0.4, -0.2) is 15.5 Å². The molecule has 0 saturated carbocycles. The van der Waals surface area contributed by atoms with Crippen LogP contribution in [0.4, 0.5) is 5.95 Å². The van der Waals surface area contributed by atoms with Crippen LogP contribution >= 0.6 is 0 Å². The number of benzene rings is 1. The van der Waals surface area contributed by atoms with Gasteiger partial charge < -0.3 is 8.98 Å². The van der Waals surface area contributed by atoms with Crippen LogP contribution in [0.5, 0.6) is 0 Å². The van der Waals surface area contributed by atoms with Crippen LogP contribution in [0.3, 0.4) is 0 Å². The SMILES string of the molecule is CCn1c(NC(=O)c2ccc(C)o2)nc2ccccc21. The summed E-state index contributed by atoms with van der Waals surface area (Å²) in [5, 5.41) is 2.80. The summed E-state index contributed by atoms with van der Waals surface area (Å²) in [6.45, 7) is 4.55. The highest BCUT2D eigenvalue weighted by Crippen LogP contribution is 2.20. The highest BCUT2D eigenvalue weighted by Gasteiger charge is 2.15. The van der Waals surface area contributed by atoms with Crippen LogP contribution < -0.4 is 5.32 Å². The Morgan fingerprint density at radius 2 is 2.10 bits per heavy atom. The van der Waals surface area contributed by atoms with E-state index in [2.05, 4.69) is 10.3 Å². The summed E-state index contributed by atoms with van der Waals surface area (Å²) in [5.74, 6) is 1.24. The second-order valence-corrected chi connectivity index (χ2v) is 4.53. The summed E-state index contributed by atoms with van der Waals surface area (Å²) in [7, 11) is 0. The Balaban J connectivity index is 1.96. The van der Waals surface area contributed by atoms with Crippen molar-refractivity contribution in [1.29, 1.82) is 0 Å². The Kier molecular flexibility index (Phi) is 3.02. The van der Waals surface area contributed by atoms with E-state index in [1.54, 1.807) is 19.1 Å². The molecule has 0 aliphatic rings. The Bertz CT molecular complexity index is 770. The summed E-state index contributed by atoms with van der Waals surface area (Å²) in [4.78, 5) is 16.6. The van der Waals surface area contributed by atoms with Gasteiger partial charge >= 0.3 is 0 Å². The van der Waals surface area contributed by atoms with Gasteiger partial charge in [-0.1, -0.05) is 12.1 Å². The number of hydrogen-bond acceptors (Lipinski definition) is 3. The lowest BCUT2D eigenvalue weighted by Crippen LogP contribution is -2.15. The first-order valence-electron chi connectivity index (χ1n) is 6.52. The monoisotopic (exact) mass is 269 g/mol. The molecule has 3 rings (SSSR count). The zero-order valence-corrected chi connectivity index (χ0v) is 11.4. The van der Waals surface area contributed by atoms with Gasteiger partial charge in [0.15, 0.2) is 5.76 Å². The van der Waals surface area contributed by atoms with E-state index in [9.17, 15) is 4.79 Å². The van der Waals surface area contributed by atoms with Gasteiger partial charge in [-0.3, -0.25) is 10.1 Å². The smallest absolute Gasteiger partial charge is 0.293 e. The first kappa shape index (κ1) is 12.5. The number of imidazole rings is 1. The maximum Gasteiger partial charge on any atom is 0.293 e. The summed E-state index contributed by atoms with van der Waals surface area (Å²) in [6, 6.07) is 11.2. The molecule has 3 aromatic rings. The van der Waals surface area contributed by atoms with Crippen molar-refractivity contribution < 1.29 is 9.21 Å². The topological polar surface area (TPSA) is 60.1 Å². The lowest BCUT2D eigenvalue weighted by Gasteiger charge is -2.06. The normalized spacial score (nSPS) is 10.9. The highest BCUT2D eigenvalue weighted by molar-refractivity contribution is 6.02. The van der Waals surface area contributed by atoms with E-state index in [1.807, 2.05) is 35.8 Å². The molecule has 1 N–H and O–H groups in total. The second-order valence-electron chi connectivity index (χ2n) is 4.53. The number of nitrogens with zero attached hydrogens (tertiary/aromatic N) is 2. The third-order valence-corrected chi connectivity index (χ3v) is 3.16. The van der Waals surface area contributed by atoms with E-state index in [1.165, 1.54) is 0 Å². The predicted molar refractivity (Wildman–Crippen MR) is 76.8 cm³/mol. The van der Waals surface area contributed by atoms with Gasteiger partial charge in [0.05, 0.1) is 11.0 Å². The van der Waals surface area contributed by atoms with Gasteiger partial charge in [-0.2, -0.15) is 0 Å². The van der Waals surface area contributed by atoms with Crippen LogP contribution in [0.2, 0.25) is 0 Å². The van der Waals surface area contributed by atoms with Crippen molar-refractivity contribution in [2.45, 2.75) is 20.4 Å². The summed E-state index contributed by atoms with van der Waals surface area (Å²) >= 11 is 0. The van der Waals surface area contributed by atoms with Crippen molar-refractivity contribution in [1.82, 2.24) is 9.55 Å². The van der Waals surface area contributed by atoms with Gasteiger partial charge in [0, 0.05) is 6.54 Å². The van der Waals surface area contributed by atoms with Gasteiger partial charge in [0.2, 0.25) is 5.95 Å². The summed E-state index contributed by atoms with van der Waals surface area (Å²) in [5.41, 5.74) is 1.86. The fourth-order valence-corrected chi connectivity index (χ4v) is 2.21. The molecule has 1 amide bonds. The van der Waals surface area contributed by atoms with Crippen molar-refractivity contribution in [3.8, 4) is 0 Å². The number of furan rings is 1. The molecule has 5 heteroatoms. The van der Waals surface area contributed by atoms with E-state index in [0.29, 0.717) is 11.7 Å². The van der Waals surface area contributed by atoms with Crippen LogP contribution in [0.25, 0.3) is 11.0 Å². The molecule has 2 aromatic heterocycles. The predicted octanol–water partition coefficient (Wildman–Crippen LogP) is 3.21. The summed E-state index contributed by atoms with van der Waals surface area (Å²) in [6.07, 6.45) is 0. The minimum absolute atomic E-state index is 0.289. The third-order valence-electron chi connectivity index (χ3n) is 3.16. The van der Waals surface area contributed by atoms with E-state index < -0.39 is 0 Å². The average Bonchev–Trinajstić information content (AvgIpc) is 3.01. The first-order valence-corrected chi connectivity index (χ1v) is 6.52. The molecule has 0 bridgehead atoms. The van der Waals surface area contributed by atoms with Gasteiger partial charge in [-0.25, -0.2) is 4.98 Å². The molecule has 2 heterocycles. The van der Waals surface area contributed by atoms with Crippen LogP contribution in [0, 0.1) is 6.92 Å². The molecule has 0 atom stereocenters. The first-order chi connectivity index (χ1) is 9.69. The zero-order chi connectivity index (χ0) is 14.1. The maximum atomic E-state index is 12.1. The third kappa shape index (κ3) is 2.07. The molecule has 20 heavy (non-hydrogen) atoms. The Labute approximate surface area is 116 Å². The Morgan fingerprint density at radius 3 is 2.80 bits per heavy atom. The molecule has 0 unspecified atom stereocenters. The van der Waals surface area contributed by atoms with Gasteiger partial charge in [-0.15, -0.1) is 0 Å². The van der Waals surface area contributed by atoms with E-state index in [0.717, 1.165) is 17.6 Å². The van der Waals surface area contributed by atoms with Gasteiger partial charge in [0.1, 0.15) is 5.76 Å². The quantitative estimate of drug-likeness (QED) is 0.794. The van der Waals surface area contributed by atoms with Crippen LogP contribution in [-0.2, 0) is 6.54 Å². The molecule has 102 valence electrons. The van der Waals surface area contributed by atoms with Gasteiger partial charge in [-0.05, 0) is 38.1 Å². The van der Waals surface area contributed by atoms with Crippen LogP contribution in [0.1, 0.15) is 23.2 Å². The molecule has 1 aromatic carbocycles. The number of carbonyl (C=O) groups excluding carboxylic acids is 1. The molecule has 0 saturated heterocycles. The highest BCUT2D eigenvalue weighted by atomic mass is 16.3. The molecule has 0 aliphatic heterocycles. The maximum absolute atomic E-state index is 12.1. The minimum Gasteiger partial charge on any atom is -0.456 e. The van der Waals surface area contributed by atoms with Crippen molar-refractivity contribution in [2.24, 2.45) is 0 Å². The molecule has 0 radical (unpaired) electrons. The second kappa shape index (κ2) is 4.85. The average molecular weight is 269 g/mol. The number of aromatic nitrogens is 2. The molecular weight excluding hydrogens is 254 g/mol. The number of amides is 1. The lowest BCUT2D eigenvalue weighted by molar-refractivity contribution is 0.0994. The van der Waals surface area contributed by atoms with Crippen molar-refractivity contribution >= 4 is 22.9 Å². The lowest BCUT2D eigenvalue weighted by atomic mass is 10.3. The fraction of sp³-hybridized carbons (Fsp3) is 0.200. The standard InChI is InChI=1S/C15H15N3O2/c1-3-18-12-7-5-4-6-11(12)16-15(18)17-14(19)13-9-8-10(2)20-13/h4-9H,3H2,1-2H3,(H,16,17,19). The molecular formula is C15H15N3O2. The number of rotatable bonds is 3. The van der Waals surface area contributed by atoms with E-state index in [4.69, 9.17) is 4.42 Å². The van der Waals surface area contributed by atoms with E-state index in [-0.39, 0.29) is 11.7 Å². The minimum atomic E-state index is -0.289. The number of carbonyl (C=O) groups is 1. The number of anilines is 1. The number of nitrogens with one attached hydrogen (secondary N) is 1. The van der Waals surface area contributed by atoms with Crippen molar-refractivity contribution in [3.05, 3.63) is 47.9 Å². The van der Waals surface area contributed by atoms with Crippen LogP contribution in [0.15, 0.2) is 40.8 Å². The largest absolute Gasteiger partial charge is 0.456 e. The van der Waals surface area contributed by atoms with Crippen molar-refractivity contribution in [3.63, 3.8) is 0 Å². The number of para-hydroxylation sites is 2. The Morgan fingerprint density at radius 1 is 1.30 bits per heavy atom. The number of aryl methyl sites for hydroxylation is 2. The molecule has 5 nitrogen and oxygen atoms in total. The number of fused-ring (bicyclic) bond motifs is 1. The zero-order valence-electron chi connectivity index (χ0n) is 11.4. The molecule has 0 aliphatic carbocycles.